The van der Waals surface area contributed by atoms with Gasteiger partial charge in [-0.1, -0.05) is 42.5 Å². The number of hydrogen-bond donors (Lipinski definition) is 1. The van der Waals surface area contributed by atoms with E-state index in [1.807, 2.05) is 12.1 Å². The lowest BCUT2D eigenvalue weighted by atomic mass is 9.96. The van der Waals surface area contributed by atoms with Gasteiger partial charge in [-0.25, -0.2) is 0 Å². The summed E-state index contributed by atoms with van der Waals surface area (Å²) < 4.78 is 0. The molecule has 3 heteroatoms. The number of carbonyl (C=O) groups is 1. The average Bonchev–Trinajstić information content (AvgIpc) is 2.57. The Morgan fingerprint density at radius 1 is 1.17 bits per heavy atom. The second-order valence-corrected chi connectivity index (χ2v) is 6.35. The van der Waals surface area contributed by atoms with Crippen LogP contribution in [0.4, 0.5) is 5.69 Å². The van der Waals surface area contributed by atoms with Gasteiger partial charge >= 0.3 is 0 Å². The van der Waals surface area contributed by atoms with Gasteiger partial charge in [0.15, 0.2) is 0 Å². The predicted octanol–water partition coefficient (Wildman–Crippen LogP) is 3.45. The molecular formula is C20H24N2O. The van der Waals surface area contributed by atoms with Gasteiger partial charge in [0.05, 0.1) is 6.54 Å². The molecule has 1 heterocycles. The monoisotopic (exact) mass is 308 g/mol. The highest BCUT2D eigenvalue weighted by atomic mass is 16.2. The van der Waals surface area contributed by atoms with Crippen molar-refractivity contribution in [1.29, 1.82) is 0 Å². The first-order valence-corrected chi connectivity index (χ1v) is 8.31. The number of rotatable bonds is 4. The van der Waals surface area contributed by atoms with E-state index in [0.717, 1.165) is 12.8 Å². The van der Waals surface area contributed by atoms with Gasteiger partial charge < -0.3 is 10.2 Å². The zero-order valence-electron chi connectivity index (χ0n) is 13.9. The van der Waals surface area contributed by atoms with E-state index in [9.17, 15) is 4.79 Å². The van der Waals surface area contributed by atoms with Crippen LogP contribution in [0.2, 0.25) is 0 Å². The molecule has 3 nitrogen and oxygen atoms in total. The Morgan fingerprint density at radius 3 is 2.74 bits per heavy atom. The molecule has 0 aliphatic carbocycles. The Balaban J connectivity index is 1.65. The van der Waals surface area contributed by atoms with Crippen molar-refractivity contribution >= 4 is 11.6 Å². The SMILES string of the molecule is Cc1ccccc1CNC(=O)CN1c2ccccc2CC[C@@H]1C. The molecule has 0 fully saturated rings. The summed E-state index contributed by atoms with van der Waals surface area (Å²) in [4.78, 5) is 14.6. The van der Waals surface area contributed by atoms with Crippen molar-refractivity contribution in [3.63, 3.8) is 0 Å². The number of anilines is 1. The molecule has 1 aliphatic rings. The summed E-state index contributed by atoms with van der Waals surface area (Å²) in [5.41, 5.74) is 4.94. The number of benzene rings is 2. The molecule has 1 atom stereocenters. The zero-order valence-corrected chi connectivity index (χ0v) is 13.9. The summed E-state index contributed by atoms with van der Waals surface area (Å²) >= 11 is 0. The van der Waals surface area contributed by atoms with Crippen LogP contribution in [0.15, 0.2) is 48.5 Å². The second-order valence-electron chi connectivity index (χ2n) is 6.35. The summed E-state index contributed by atoms with van der Waals surface area (Å²) in [5.74, 6) is 0.0804. The molecule has 120 valence electrons. The number of fused-ring (bicyclic) bond motifs is 1. The van der Waals surface area contributed by atoms with Crippen LogP contribution < -0.4 is 10.2 Å². The highest BCUT2D eigenvalue weighted by Crippen LogP contribution is 2.29. The predicted molar refractivity (Wildman–Crippen MR) is 94.6 cm³/mol. The molecule has 1 N–H and O–H groups in total. The number of amides is 1. The summed E-state index contributed by atoms with van der Waals surface area (Å²) in [6.45, 7) is 5.29. The molecule has 23 heavy (non-hydrogen) atoms. The van der Waals surface area contributed by atoms with E-state index < -0.39 is 0 Å². The van der Waals surface area contributed by atoms with Crippen LogP contribution in [0.5, 0.6) is 0 Å². The molecule has 2 aromatic rings. The first-order valence-electron chi connectivity index (χ1n) is 8.31. The lowest BCUT2D eigenvalue weighted by Gasteiger charge is -2.36. The first-order chi connectivity index (χ1) is 11.1. The summed E-state index contributed by atoms with van der Waals surface area (Å²) in [6.07, 6.45) is 2.20. The Hall–Kier alpha value is -2.29. The van der Waals surface area contributed by atoms with E-state index in [2.05, 4.69) is 60.5 Å². The minimum Gasteiger partial charge on any atom is -0.359 e. The third-order valence-corrected chi connectivity index (χ3v) is 4.72. The Kier molecular flexibility index (Phi) is 4.65. The van der Waals surface area contributed by atoms with Crippen molar-refractivity contribution in [1.82, 2.24) is 5.32 Å². The molecule has 0 saturated carbocycles. The van der Waals surface area contributed by atoms with Crippen LogP contribution in [-0.2, 0) is 17.8 Å². The maximum absolute atomic E-state index is 12.4. The minimum absolute atomic E-state index is 0.0804. The maximum atomic E-state index is 12.4. The van der Waals surface area contributed by atoms with Crippen LogP contribution in [0.3, 0.4) is 0 Å². The van der Waals surface area contributed by atoms with Gasteiger partial charge in [-0.2, -0.15) is 0 Å². The molecule has 0 saturated heterocycles. The fourth-order valence-corrected chi connectivity index (χ4v) is 3.21. The largest absolute Gasteiger partial charge is 0.359 e. The maximum Gasteiger partial charge on any atom is 0.239 e. The Morgan fingerprint density at radius 2 is 1.91 bits per heavy atom. The molecular weight excluding hydrogens is 284 g/mol. The highest BCUT2D eigenvalue weighted by Gasteiger charge is 2.24. The van der Waals surface area contributed by atoms with Gasteiger partial charge in [0.2, 0.25) is 5.91 Å². The standard InChI is InChI=1S/C20H24N2O/c1-15-7-3-4-9-18(15)13-21-20(23)14-22-16(2)11-12-17-8-5-6-10-19(17)22/h3-10,16H,11-14H2,1-2H3,(H,21,23)/t16-/m0/s1. The quantitative estimate of drug-likeness (QED) is 0.938. The van der Waals surface area contributed by atoms with Crippen molar-refractivity contribution in [3.8, 4) is 0 Å². The fourth-order valence-electron chi connectivity index (χ4n) is 3.21. The van der Waals surface area contributed by atoms with E-state index in [1.165, 1.54) is 22.4 Å². The number of aryl methyl sites for hydroxylation is 2. The minimum atomic E-state index is 0.0804. The normalized spacial score (nSPS) is 16.8. The van der Waals surface area contributed by atoms with Gasteiger partial charge in [-0.05, 0) is 49.4 Å². The zero-order chi connectivity index (χ0) is 16.2. The van der Waals surface area contributed by atoms with Crippen LogP contribution in [-0.4, -0.2) is 18.5 Å². The van der Waals surface area contributed by atoms with Crippen molar-refractivity contribution in [2.45, 2.75) is 39.3 Å². The lowest BCUT2D eigenvalue weighted by molar-refractivity contribution is -0.120. The molecule has 1 aliphatic heterocycles. The summed E-state index contributed by atoms with van der Waals surface area (Å²) in [5, 5.41) is 3.06. The Labute approximate surface area is 138 Å². The lowest BCUT2D eigenvalue weighted by Crippen LogP contribution is -2.44. The smallest absolute Gasteiger partial charge is 0.239 e. The van der Waals surface area contributed by atoms with Crippen LogP contribution in [0, 0.1) is 6.92 Å². The summed E-state index contributed by atoms with van der Waals surface area (Å²) in [6, 6.07) is 17.0. The molecule has 2 aromatic carbocycles. The van der Waals surface area contributed by atoms with Crippen LogP contribution >= 0.6 is 0 Å². The second kappa shape index (κ2) is 6.86. The Bertz CT molecular complexity index is 696. The number of hydrogen-bond acceptors (Lipinski definition) is 2. The highest BCUT2D eigenvalue weighted by molar-refractivity contribution is 5.82. The number of carbonyl (C=O) groups excluding carboxylic acids is 1. The van der Waals surface area contributed by atoms with E-state index in [1.54, 1.807) is 0 Å². The molecule has 0 bridgehead atoms. The molecule has 0 spiro atoms. The van der Waals surface area contributed by atoms with Gasteiger partial charge in [0, 0.05) is 18.3 Å². The van der Waals surface area contributed by atoms with Crippen molar-refractivity contribution in [2.75, 3.05) is 11.4 Å². The van der Waals surface area contributed by atoms with E-state index in [4.69, 9.17) is 0 Å². The third-order valence-electron chi connectivity index (χ3n) is 4.72. The van der Waals surface area contributed by atoms with Gasteiger partial charge in [-0.15, -0.1) is 0 Å². The molecule has 0 aromatic heterocycles. The van der Waals surface area contributed by atoms with E-state index in [0.29, 0.717) is 19.1 Å². The van der Waals surface area contributed by atoms with Crippen molar-refractivity contribution < 1.29 is 4.79 Å². The van der Waals surface area contributed by atoms with Crippen molar-refractivity contribution in [2.24, 2.45) is 0 Å². The van der Waals surface area contributed by atoms with E-state index in [-0.39, 0.29) is 5.91 Å². The van der Waals surface area contributed by atoms with Gasteiger partial charge in [0.25, 0.3) is 0 Å². The summed E-state index contributed by atoms with van der Waals surface area (Å²) in [7, 11) is 0. The van der Waals surface area contributed by atoms with Crippen molar-refractivity contribution in [3.05, 3.63) is 65.2 Å². The number of nitrogens with one attached hydrogen (secondary N) is 1. The average molecular weight is 308 g/mol. The first kappa shape index (κ1) is 15.6. The molecule has 3 rings (SSSR count). The van der Waals surface area contributed by atoms with Crippen LogP contribution in [0.1, 0.15) is 30.0 Å². The molecule has 0 unspecified atom stereocenters. The topological polar surface area (TPSA) is 32.3 Å². The number of nitrogens with zero attached hydrogens (tertiary/aromatic N) is 1. The fraction of sp³-hybridized carbons (Fsp3) is 0.350. The molecule has 0 radical (unpaired) electrons. The number of para-hydroxylation sites is 1. The van der Waals surface area contributed by atoms with E-state index >= 15 is 0 Å². The van der Waals surface area contributed by atoms with Gasteiger partial charge in [0.1, 0.15) is 0 Å². The van der Waals surface area contributed by atoms with Crippen LogP contribution in [0.25, 0.3) is 0 Å². The molecule has 1 amide bonds. The van der Waals surface area contributed by atoms with Gasteiger partial charge in [-0.3, -0.25) is 4.79 Å². The third kappa shape index (κ3) is 3.55.